The van der Waals surface area contributed by atoms with Gasteiger partial charge in [0.05, 0.1) is 5.71 Å². The van der Waals surface area contributed by atoms with Crippen LogP contribution in [-0.4, -0.2) is 22.6 Å². The third-order valence-corrected chi connectivity index (χ3v) is 4.38. The standard InChI is InChI=1S/C20H22ClN3O3/c1-3-17(14-7-9-15(25)10-8-14)23-24-20(27)12-11-19(26)22-18-6-4-5-16(21)13(18)2/h4-10,25H,3,11-12H2,1-2H3,(H,22,26)(H,24,27)/b23-17-. The molecule has 7 heteroatoms. The molecule has 0 aromatic heterocycles. The van der Waals surface area contributed by atoms with Gasteiger partial charge in [0.25, 0.3) is 0 Å². The number of carbonyl (C=O) groups excluding carboxylic acids is 2. The van der Waals surface area contributed by atoms with Gasteiger partial charge in [0.1, 0.15) is 5.75 Å². The number of phenols is 1. The molecule has 2 rings (SSSR count). The van der Waals surface area contributed by atoms with Crippen molar-refractivity contribution in [1.82, 2.24) is 5.43 Å². The van der Waals surface area contributed by atoms with Crippen LogP contribution in [0.1, 0.15) is 37.3 Å². The van der Waals surface area contributed by atoms with Crippen LogP contribution < -0.4 is 10.7 Å². The minimum atomic E-state index is -0.349. The molecular formula is C20H22ClN3O3. The Kier molecular flexibility index (Phi) is 7.37. The summed E-state index contributed by atoms with van der Waals surface area (Å²) in [5.41, 5.74) is 5.38. The van der Waals surface area contributed by atoms with Gasteiger partial charge in [0.2, 0.25) is 11.8 Å². The van der Waals surface area contributed by atoms with Gasteiger partial charge in [-0.25, -0.2) is 5.43 Å². The first-order valence-corrected chi connectivity index (χ1v) is 8.98. The van der Waals surface area contributed by atoms with E-state index in [1.165, 1.54) is 0 Å². The lowest BCUT2D eigenvalue weighted by molar-refractivity contribution is -0.124. The first-order chi connectivity index (χ1) is 12.9. The molecule has 6 nitrogen and oxygen atoms in total. The molecule has 0 atom stereocenters. The van der Waals surface area contributed by atoms with Gasteiger partial charge in [0.15, 0.2) is 0 Å². The highest BCUT2D eigenvalue weighted by molar-refractivity contribution is 6.31. The van der Waals surface area contributed by atoms with Crippen molar-refractivity contribution in [2.75, 3.05) is 5.32 Å². The van der Waals surface area contributed by atoms with Crippen LogP contribution in [0, 0.1) is 6.92 Å². The Hall–Kier alpha value is -2.86. The van der Waals surface area contributed by atoms with Crippen LogP contribution in [0.25, 0.3) is 0 Å². The number of benzene rings is 2. The Morgan fingerprint density at radius 2 is 1.74 bits per heavy atom. The fraction of sp³-hybridized carbons (Fsp3) is 0.250. The maximum Gasteiger partial charge on any atom is 0.240 e. The summed E-state index contributed by atoms with van der Waals surface area (Å²) in [4.78, 5) is 24.0. The minimum Gasteiger partial charge on any atom is -0.508 e. The Balaban J connectivity index is 1.86. The van der Waals surface area contributed by atoms with Crippen LogP contribution in [0.4, 0.5) is 5.69 Å². The monoisotopic (exact) mass is 387 g/mol. The van der Waals surface area contributed by atoms with E-state index in [9.17, 15) is 14.7 Å². The predicted octanol–water partition coefficient (Wildman–Crippen LogP) is 4.00. The number of rotatable bonds is 7. The fourth-order valence-electron chi connectivity index (χ4n) is 2.37. The molecule has 142 valence electrons. The number of nitrogens with zero attached hydrogens (tertiary/aromatic N) is 1. The van der Waals surface area contributed by atoms with Gasteiger partial charge in [0, 0.05) is 23.6 Å². The predicted molar refractivity (Wildman–Crippen MR) is 107 cm³/mol. The minimum absolute atomic E-state index is 0.0154. The number of anilines is 1. The largest absolute Gasteiger partial charge is 0.508 e. The molecule has 0 fully saturated rings. The summed E-state index contributed by atoms with van der Waals surface area (Å²) in [5.74, 6) is -0.453. The van der Waals surface area contributed by atoms with Crippen molar-refractivity contribution in [1.29, 1.82) is 0 Å². The molecule has 2 aromatic rings. The Morgan fingerprint density at radius 1 is 1.07 bits per heavy atom. The summed E-state index contributed by atoms with van der Waals surface area (Å²) >= 11 is 6.02. The van der Waals surface area contributed by atoms with E-state index in [1.54, 1.807) is 42.5 Å². The van der Waals surface area contributed by atoms with Crippen molar-refractivity contribution in [2.45, 2.75) is 33.1 Å². The molecule has 0 heterocycles. The van der Waals surface area contributed by atoms with Crippen LogP contribution >= 0.6 is 11.6 Å². The molecule has 0 saturated heterocycles. The van der Waals surface area contributed by atoms with Gasteiger partial charge in [-0.1, -0.05) is 24.6 Å². The second-order valence-electron chi connectivity index (χ2n) is 5.95. The van der Waals surface area contributed by atoms with E-state index in [1.807, 2.05) is 13.8 Å². The molecule has 0 unspecified atom stereocenters. The summed E-state index contributed by atoms with van der Waals surface area (Å²) in [6.45, 7) is 3.73. The number of halogens is 1. The van der Waals surface area contributed by atoms with Gasteiger partial charge in [-0.2, -0.15) is 5.10 Å². The topological polar surface area (TPSA) is 90.8 Å². The van der Waals surface area contributed by atoms with Gasteiger partial charge in [-0.05, 0) is 60.9 Å². The number of hydrazone groups is 1. The number of carbonyl (C=O) groups is 2. The lowest BCUT2D eigenvalue weighted by Gasteiger charge is -2.09. The zero-order valence-corrected chi connectivity index (χ0v) is 16.0. The second-order valence-corrected chi connectivity index (χ2v) is 6.36. The van der Waals surface area contributed by atoms with Gasteiger partial charge >= 0.3 is 0 Å². The van der Waals surface area contributed by atoms with Crippen molar-refractivity contribution < 1.29 is 14.7 Å². The zero-order valence-electron chi connectivity index (χ0n) is 15.3. The summed E-state index contributed by atoms with van der Waals surface area (Å²) < 4.78 is 0. The van der Waals surface area contributed by atoms with Gasteiger partial charge in [-0.3, -0.25) is 9.59 Å². The van der Waals surface area contributed by atoms with Crippen LogP contribution in [0.3, 0.4) is 0 Å². The summed E-state index contributed by atoms with van der Waals surface area (Å²) in [5, 5.41) is 16.8. The number of nitrogens with one attached hydrogen (secondary N) is 2. The average molecular weight is 388 g/mol. The third-order valence-electron chi connectivity index (χ3n) is 3.97. The highest BCUT2D eigenvalue weighted by atomic mass is 35.5. The van der Waals surface area contributed by atoms with Crippen LogP contribution in [-0.2, 0) is 9.59 Å². The molecule has 0 aliphatic rings. The van der Waals surface area contributed by atoms with Crippen molar-refractivity contribution >= 4 is 34.8 Å². The molecule has 27 heavy (non-hydrogen) atoms. The Morgan fingerprint density at radius 3 is 2.41 bits per heavy atom. The highest BCUT2D eigenvalue weighted by Gasteiger charge is 2.10. The number of hydrogen-bond donors (Lipinski definition) is 3. The van der Waals surface area contributed by atoms with E-state index in [0.29, 0.717) is 22.8 Å². The maximum absolute atomic E-state index is 12.0. The van der Waals surface area contributed by atoms with E-state index >= 15 is 0 Å². The molecule has 0 aliphatic heterocycles. The first kappa shape index (κ1) is 20.5. The number of hydrogen-bond acceptors (Lipinski definition) is 4. The second kappa shape index (κ2) is 9.73. The fourth-order valence-corrected chi connectivity index (χ4v) is 2.54. The number of aromatic hydroxyl groups is 1. The SMILES string of the molecule is CC/C(=N/NC(=O)CCC(=O)Nc1cccc(Cl)c1C)c1ccc(O)cc1. The van der Waals surface area contributed by atoms with Crippen molar-refractivity contribution in [2.24, 2.45) is 5.10 Å². The first-order valence-electron chi connectivity index (χ1n) is 8.60. The molecule has 0 spiro atoms. The molecule has 2 aromatic carbocycles. The van der Waals surface area contributed by atoms with Gasteiger partial charge < -0.3 is 10.4 Å². The normalized spacial score (nSPS) is 11.1. The van der Waals surface area contributed by atoms with Crippen molar-refractivity contribution in [3.63, 3.8) is 0 Å². The maximum atomic E-state index is 12.0. The van der Waals surface area contributed by atoms with Crippen LogP contribution in [0.15, 0.2) is 47.6 Å². The van der Waals surface area contributed by atoms with E-state index in [0.717, 1.165) is 11.1 Å². The lowest BCUT2D eigenvalue weighted by atomic mass is 10.1. The summed E-state index contributed by atoms with van der Waals surface area (Å²) in [6, 6.07) is 11.8. The molecule has 0 aliphatic carbocycles. The number of phenolic OH excluding ortho intramolecular Hbond substituents is 1. The third kappa shape index (κ3) is 6.11. The highest BCUT2D eigenvalue weighted by Crippen LogP contribution is 2.23. The Bertz CT molecular complexity index is 848. The van der Waals surface area contributed by atoms with E-state index in [-0.39, 0.29) is 30.4 Å². The number of amides is 2. The summed E-state index contributed by atoms with van der Waals surface area (Å²) in [7, 11) is 0. The van der Waals surface area contributed by atoms with Crippen molar-refractivity contribution in [3.05, 3.63) is 58.6 Å². The molecule has 0 saturated carbocycles. The average Bonchev–Trinajstić information content (AvgIpc) is 2.65. The van der Waals surface area contributed by atoms with E-state index < -0.39 is 0 Å². The molecular weight excluding hydrogens is 366 g/mol. The zero-order chi connectivity index (χ0) is 19.8. The van der Waals surface area contributed by atoms with E-state index in [4.69, 9.17) is 11.6 Å². The quantitative estimate of drug-likeness (QED) is 0.495. The van der Waals surface area contributed by atoms with E-state index in [2.05, 4.69) is 15.8 Å². The van der Waals surface area contributed by atoms with Crippen LogP contribution in [0.2, 0.25) is 5.02 Å². The molecule has 0 bridgehead atoms. The van der Waals surface area contributed by atoms with Crippen molar-refractivity contribution in [3.8, 4) is 5.75 Å². The van der Waals surface area contributed by atoms with Crippen LogP contribution in [0.5, 0.6) is 5.75 Å². The smallest absolute Gasteiger partial charge is 0.240 e. The molecule has 0 radical (unpaired) electrons. The lowest BCUT2D eigenvalue weighted by Crippen LogP contribution is -2.22. The van der Waals surface area contributed by atoms with Gasteiger partial charge in [-0.15, -0.1) is 0 Å². The molecule has 3 N–H and O–H groups in total. The molecule has 2 amide bonds. The Labute approximate surface area is 163 Å². The summed E-state index contributed by atoms with van der Waals surface area (Å²) in [6.07, 6.45) is 0.662.